The van der Waals surface area contributed by atoms with E-state index < -0.39 is 28.5 Å². The van der Waals surface area contributed by atoms with E-state index >= 15 is 0 Å². The molecule has 1 saturated carbocycles. The van der Waals surface area contributed by atoms with E-state index in [-0.39, 0.29) is 23.4 Å². The van der Waals surface area contributed by atoms with Gasteiger partial charge in [-0.2, -0.15) is 0 Å². The first-order valence-corrected chi connectivity index (χ1v) is 17.4. The van der Waals surface area contributed by atoms with Gasteiger partial charge in [0.25, 0.3) is 10.0 Å². The van der Waals surface area contributed by atoms with Crippen LogP contribution in [-0.4, -0.2) is 43.8 Å². The third kappa shape index (κ3) is 8.53. The summed E-state index contributed by atoms with van der Waals surface area (Å²) in [5, 5.41) is 3.94. The van der Waals surface area contributed by atoms with Crippen LogP contribution in [0.25, 0.3) is 0 Å². The first-order valence-electron chi connectivity index (χ1n) is 14.4. The second kappa shape index (κ2) is 14.9. The van der Waals surface area contributed by atoms with Gasteiger partial charge in [-0.3, -0.25) is 13.9 Å². The smallest absolute Gasteiger partial charge is 0.264 e. The second-order valence-corrected chi connectivity index (χ2v) is 14.4. The molecule has 230 valence electrons. The lowest BCUT2D eigenvalue weighted by atomic mass is 9.95. The fraction of sp³-hybridized carbons (Fsp3) is 0.375. The van der Waals surface area contributed by atoms with Crippen molar-refractivity contribution in [1.29, 1.82) is 0 Å². The van der Waals surface area contributed by atoms with E-state index in [1.54, 1.807) is 54.6 Å². The minimum atomic E-state index is -4.15. The van der Waals surface area contributed by atoms with Gasteiger partial charge in [-0.25, -0.2) is 8.42 Å². The Morgan fingerprint density at radius 2 is 1.63 bits per heavy atom. The molecular formula is C32H36BrCl2N3O4S. The number of amides is 2. The average Bonchev–Trinajstić information content (AvgIpc) is 2.98. The molecule has 3 aromatic rings. The predicted molar refractivity (Wildman–Crippen MR) is 176 cm³/mol. The summed E-state index contributed by atoms with van der Waals surface area (Å²) in [5.41, 5.74) is 1.83. The van der Waals surface area contributed by atoms with Crippen molar-refractivity contribution in [2.45, 2.75) is 75.9 Å². The zero-order chi connectivity index (χ0) is 31.1. The Labute approximate surface area is 272 Å². The largest absolute Gasteiger partial charge is 0.352 e. The van der Waals surface area contributed by atoms with E-state index in [0.717, 1.165) is 46.4 Å². The summed E-state index contributed by atoms with van der Waals surface area (Å²) in [4.78, 5) is 29.4. The van der Waals surface area contributed by atoms with Gasteiger partial charge >= 0.3 is 0 Å². The Kier molecular flexibility index (Phi) is 11.6. The third-order valence-corrected chi connectivity index (χ3v) is 10.6. The molecule has 0 spiro atoms. The number of sulfonamides is 1. The maximum atomic E-state index is 14.3. The highest BCUT2D eigenvalue weighted by Crippen LogP contribution is 2.28. The maximum absolute atomic E-state index is 14.3. The van der Waals surface area contributed by atoms with Crippen LogP contribution >= 0.6 is 39.1 Å². The molecule has 43 heavy (non-hydrogen) atoms. The molecule has 7 nitrogen and oxygen atoms in total. The minimum Gasteiger partial charge on any atom is -0.352 e. The monoisotopic (exact) mass is 707 g/mol. The van der Waals surface area contributed by atoms with E-state index in [9.17, 15) is 18.0 Å². The van der Waals surface area contributed by atoms with E-state index in [1.807, 2.05) is 13.8 Å². The fourth-order valence-corrected chi connectivity index (χ4v) is 7.42. The van der Waals surface area contributed by atoms with Crippen LogP contribution in [0.3, 0.4) is 0 Å². The molecule has 1 N–H and O–H groups in total. The van der Waals surface area contributed by atoms with Gasteiger partial charge in [0.1, 0.15) is 12.6 Å². The van der Waals surface area contributed by atoms with Gasteiger partial charge in [0.2, 0.25) is 11.8 Å². The number of nitrogens with zero attached hydrogens (tertiary/aromatic N) is 2. The summed E-state index contributed by atoms with van der Waals surface area (Å²) in [6, 6.07) is 17.4. The molecule has 0 radical (unpaired) electrons. The molecule has 1 fully saturated rings. The number of benzene rings is 3. The van der Waals surface area contributed by atoms with Gasteiger partial charge in [0.05, 0.1) is 10.6 Å². The second-order valence-electron chi connectivity index (χ2n) is 10.8. The predicted octanol–water partition coefficient (Wildman–Crippen LogP) is 7.52. The molecule has 0 heterocycles. The molecule has 11 heteroatoms. The van der Waals surface area contributed by atoms with Crippen molar-refractivity contribution in [2.75, 3.05) is 10.8 Å². The number of hydrogen-bond acceptors (Lipinski definition) is 4. The van der Waals surface area contributed by atoms with E-state index in [2.05, 4.69) is 21.2 Å². The highest BCUT2D eigenvalue weighted by Gasteiger charge is 2.34. The van der Waals surface area contributed by atoms with Gasteiger partial charge < -0.3 is 10.2 Å². The van der Waals surface area contributed by atoms with Crippen molar-refractivity contribution >= 4 is 66.7 Å². The number of halogens is 3. The lowest BCUT2D eigenvalue weighted by Crippen LogP contribution is -2.54. The van der Waals surface area contributed by atoms with Crippen LogP contribution in [0.4, 0.5) is 5.69 Å². The van der Waals surface area contributed by atoms with Crippen molar-refractivity contribution in [3.05, 3.63) is 92.4 Å². The molecular weight excluding hydrogens is 673 g/mol. The van der Waals surface area contributed by atoms with E-state index in [4.69, 9.17) is 23.2 Å². The molecule has 3 aromatic carbocycles. The maximum Gasteiger partial charge on any atom is 0.264 e. The number of nitrogens with one attached hydrogen (secondary N) is 1. The van der Waals surface area contributed by atoms with Crippen molar-refractivity contribution < 1.29 is 18.0 Å². The fourth-order valence-electron chi connectivity index (χ4n) is 5.27. The Balaban J connectivity index is 1.72. The Morgan fingerprint density at radius 3 is 2.23 bits per heavy atom. The van der Waals surface area contributed by atoms with Gasteiger partial charge in [-0.1, -0.05) is 89.1 Å². The van der Waals surface area contributed by atoms with Crippen LogP contribution in [0.1, 0.15) is 56.6 Å². The summed E-state index contributed by atoms with van der Waals surface area (Å²) in [6.45, 7) is 3.19. The van der Waals surface area contributed by atoms with Crippen LogP contribution in [0, 0.1) is 6.92 Å². The highest BCUT2D eigenvalue weighted by atomic mass is 79.9. The number of carbonyl (C=O) groups is 2. The molecule has 2 amide bonds. The van der Waals surface area contributed by atoms with Crippen LogP contribution in [0.15, 0.2) is 76.1 Å². The van der Waals surface area contributed by atoms with Crippen LogP contribution < -0.4 is 9.62 Å². The van der Waals surface area contributed by atoms with Gasteiger partial charge in [0, 0.05) is 27.1 Å². The summed E-state index contributed by atoms with van der Waals surface area (Å²) in [6.07, 6.45) is 5.35. The van der Waals surface area contributed by atoms with Gasteiger partial charge in [0.15, 0.2) is 0 Å². The lowest BCUT2D eigenvalue weighted by molar-refractivity contribution is -0.140. The van der Waals surface area contributed by atoms with E-state index in [1.165, 1.54) is 17.0 Å². The molecule has 0 aliphatic heterocycles. The van der Waals surface area contributed by atoms with Crippen molar-refractivity contribution in [1.82, 2.24) is 10.2 Å². The molecule has 0 aromatic heterocycles. The molecule has 0 saturated heterocycles. The van der Waals surface area contributed by atoms with Crippen molar-refractivity contribution in [3.63, 3.8) is 0 Å². The zero-order valence-electron chi connectivity index (χ0n) is 24.2. The Bertz CT molecular complexity index is 1530. The number of hydrogen-bond donors (Lipinski definition) is 1. The van der Waals surface area contributed by atoms with Crippen molar-refractivity contribution in [3.8, 4) is 0 Å². The van der Waals surface area contributed by atoms with Gasteiger partial charge in [-0.15, -0.1) is 0 Å². The minimum absolute atomic E-state index is 0.00415. The lowest BCUT2D eigenvalue weighted by Gasteiger charge is -2.34. The SMILES string of the molecule is CC[C@H](C(=O)NC1CCCCC1)N(Cc1ccc(Cl)cc1Cl)C(=O)CN(c1ccc(Br)cc1)S(=O)(=O)c1ccc(C)cc1. The summed E-state index contributed by atoms with van der Waals surface area (Å²) >= 11 is 16.0. The van der Waals surface area contributed by atoms with Gasteiger partial charge in [-0.05, 0) is 80.3 Å². The third-order valence-electron chi connectivity index (χ3n) is 7.70. The standard InChI is InChI=1S/C32H36BrCl2N3O4S/c1-3-30(32(40)36-26-7-5-4-6-8-26)37(20-23-11-14-25(34)19-29(23)35)31(39)21-38(27-15-12-24(33)13-16-27)43(41,42)28-17-9-22(2)10-18-28/h9-19,26,30H,3-8,20-21H2,1-2H3,(H,36,40)/t30-/m1/s1. The molecule has 1 atom stereocenters. The number of anilines is 1. The highest BCUT2D eigenvalue weighted by molar-refractivity contribution is 9.10. The number of carbonyl (C=O) groups excluding carboxylic acids is 2. The molecule has 0 unspecified atom stereocenters. The normalized spacial score (nSPS) is 14.6. The Morgan fingerprint density at radius 1 is 0.977 bits per heavy atom. The van der Waals surface area contributed by atoms with E-state index in [0.29, 0.717) is 27.7 Å². The summed E-state index contributed by atoms with van der Waals surface area (Å²) < 4.78 is 29.9. The van der Waals surface area contributed by atoms with Crippen LogP contribution in [0.5, 0.6) is 0 Å². The topological polar surface area (TPSA) is 86.8 Å². The molecule has 1 aliphatic carbocycles. The first-order chi connectivity index (χ1) is 20.5. The Hall–Kier alpha value is -2.59. The first kappa shape index (κ1) is 33.3. The molecule has 0 bridgehead atoms. The molecule has 4 rings (SSSR count). The number of aryl methyl sites for hydroxylation is 1. The summed E-state index contributed by atoms with van der Waals surface area (Å²) in [5.74, 6) is -0.792. The van der Waals surface area contributed by atoms with Crippen LogP contribution in [0.2, 0.25) is 10.0 Å². The summed E-state index contributed by atoms with van der Waals surface area (Å²) in [7, 11) is -4.15. The average molecular weight is 710 g/mol. The quantitative estimate of drug-likeness (QED) is 0.223. The van der Waals surface area contributed by atoms with Crippen LogP contribution in [-0.2, 0) is 26.2 Å². The zero-order valence-corrected chi connectivity index (χ0v) is 28.1. The molecule has 1 aliphatic rings. The van der Waals surface area contributed by atoms with Crippen molar-refractivity contribution in [2.24, 2.45) is 0 Å². The number of rotatable bonds is 11.